The zero-order valence-electron chi connectivity index (χ0n) is 13.9. The van der Waals surface area contributed by atoms with Gasteiger partial charge in [-0.05, 0) is 39.3 Å². The largest absolute Gasteiger partial charge is 0.387 e. The summed E-state index contributed by atoms with van der Waals surface area (Å²) in [5, 5.41) is 24.7. The van der Waals surface area contributed by atoms with Gasteiger partial charge in [0.05, 0.1) is 12.7 Å². The summed E-state index contributed by atoms with van der Waals surface area (Å²) in [5.41, 5.74) is 4.91. The lowest BCUT2D eigenvalue weighted by atomic mass is 9.93. The minimum atomic E-state index is -1.91. The number of aliphatic hydroxyl groups is 2. The molecule has 1 aliphatic rings. The van der Waals surface area contributed by atoms with Gasteiger partial charge in [-0.1, -0.05) is 5.11 Å². The lowest BCUT2D eigenvalue weighted by Crippen LogP contribution is -2.51. The molecule has 2 N–H and O–H groups in total. The maximum atomic E-state index is 12.1. The van der Waals surface area contributed by atoms with Crippen LogP contribution in [0, 0.1) is 6.92 Å². The van der Waals surface area contributed by atoms with Crippen LogP contribution in [-0.4, -0.2) is 49.9 Å². The Hall–Kier alpha value is -1.97. The molecular weight excluding hydrogens is 318 g/mol. The average Bonchev–Trinajstić information content (AvgIpc) is 2.68. The Morgan fingerprint density at radius 2 is 2.29 bits per heavy atom. The van der Waals surface area contributed by atoms with Gasteiger partial charge in [-0.25, -0.2) is 4.79 Å². The number of aryl methyl sites for hydroxylation is 1. The van der Waals surface area contributed by atoms with Crippen molar-refractivity contribution in [2.75, 3.05) is 6.61 Å². The summed E-state index contributed by atoms with van der Waals surface area (Å²) in [6.07, 6.45) is -1.74. The summed E-state index contributed by atoms with van der Waals surface area (Å²) in [6.45, 7) is 6.18. The molecule has 0 radical (unpaired) electrons. The van der Waals surface area contributed by atoms with Crippen LogP contribution in [0.25, 0.3) is 10.4 Å². The SMILES string of the molecule is Cc1ccn([C@@H]2O[C@@](COC(C)C)(N=[N+]=[N-])[C@@H](O)[C@@]2(C)O)c(=O)n1. The molecule has 0 aromatic carbocycles. The number of aliphatic hydroxyl groups excluding tert-OH is 1. The quantitative estimate of drug-likeness (QED) is 0.457. The standard InChI is InChI=1S/C14H21N5O5/c1-8(2)23-7-14(17-18-15)10(20)13(4,22)11(24-14)19-6-5-9(3)16-12(19)21/h5-6,8,10-11,20,22H,7H2,1-4H3/t10-,11+,13+,14+/m0/s1. The first-order valence-electron chi connectivity index (χ1n) is 7.46. The van der Waals surface area contributed by atoms with E-state index in [1.165, 1.54) is 13.1 Å². The van der Waals surface area contributed by atoms with Crippen LogP contribution in [0.15, 0.2) is 22.2 Å². The highest BCUT2D eigenvalue weighted by Gasteiger charge is 2.62. The molecular formula is C14H21N5O5. The van der Waals surface area contributed by atoms with Crippen LogP contribution in [0.2, 0.25) is 0 Å². The second kappa shape index (κ2) is 6.50. The van der Waals surface area contributed by atoms with Gasteiger partial charge in [0.1, 0.15) is 11.7 Å². The number of nitrogens with zero attached hydrogens (tertiary/aromatic N) is 5. The predicted molar refractivity (Wildman–Crippen MR) is 83.0 cm³/mol. The molecule has 2 heterocycles. The molecule has 0 bridgehead atoms. The maximum Gasteiger partial charge on any atom is 0.349 e. The molecule has 24 heavy (non-hydrogen) atoms. The van der Waals surface area contributed by atoms with Gasteiger partial charge in [0.25, 0.3) is 0 Å². The molecule has 0 aliphatic carbocycles. The summed E-state index contributed by atoms with van der Waals surface area (Å²) in [7, 11) is 0. The van der Waals surface area contributed by atoms with Gasteiger partial charge in [-0.15, -0.1) is 0 Å². The van der Waals surface area contributed by atoms with Crippen molar-refractivity contribution in [3.63, 3.8) is 0 Å². The topological polar surface area (TPSA) is 143 Å². The van der Waals surface area contributed by atoms with E-state index in [1.807, 2.05) is 0 Å². The van der Waals surface area contributed by atoms with Crippen molar-refractivity contribution in [1.82, 2.24) is 9.55 Å². The third-order valence-corrected chi connectivity index (χ3v) is 3.86. The molecule has 1 aromatic heterocycles. The molecule has 0 spiro atoms. The second-order valence-electron chi connectivity index (χ2n) is 6.25. The Morgan fingerprint density at radius 1 is 1.62 bits per heavy atom. The fraction of sp³-hybridized carbons (Fsp3) is 0.714. The number of ether oxygens (including phenoxy) is 2. The van der Waals surface area contributed by atoms with E-state index >= 15 is 0 Å². The summed E-state index contributed by atoms with van der Waals surface area (Å²) in [5.74, 6) is 0. The molecule has 1 fully saturated rings. The third kappa shape index (κ3) is 3.14. The molecule has 10 heteroatoms. The zero-order chi connectivity index (χ0) is 18.1. The van der Waals surface area contributed by atoms with E-state index in [2.05, 4.69) is 15.0 Å². The summed E-state index contributed by atoms with van der Waals surface area (Å²) in [4.78, 5) is 18.6. The van der Waals surface area contributed by atoms with Crippen LogP contribution in [0.1, 0.15) is 32.7 Å². The van der Waals surface area contributed by atoms with Crippen LogP contribution < -0.4 is 5.69 Å². The Bertz CT molecular complexity index is 712. The lowest BCUT2D eigenvalue weighted by Gasteiger charge is -2.29. The van der Waals surface area contributed by atoms with Crippen LogP contribution in [0.3, 0.4) is 0 Å². The van der Waals surface area contributed by atoms with Gasteiger partial charge in [-0.2, -0.15) is 4.98 Å². The second-order valence-corrected chi connectivity index (χ2v) is 6.25. The minimum Gasteiger partial charge on any atom is -0.387 e. The molecule has 132 valence electrons. The number of hydrogen-bond acceptors (Lipinski definition) is 7. The summed E-state index contributed by atoms with van der Waals surface area (Å²) in [6, 6.07) is 1.56. The van der Waals surface area contributed by atoms with Crippen LogP contribution in [0.4, 0.5) is 0 Å². The van der Waals surface area contributed by atoms with Crippen molar-refractivity contribution in [3.05, 3.63) is 38.9 Å². The van der Waals surface area contributed by atoms with Crippen LogP contribution >= 0.6 is 0 Å². The molecule has 2 rings (SSSR count). The minimum absolute atomic E-state index is 0.223. The van der Waals surface area contributed by atoms with Gasteiger partial charge >= 0.3 is 5.69 Å². The number of rotatable bonds is 5. The van der Waals surface area contributed by atoms with Crippen molar-refractivity contribution in [3.8, 4) is 0 Å². The first-order chi connectivity index (χ1) is 11.1. The molecule has 1 saturated heterocycles. The summed E-state index contributed by atoms with van der Waals surface area (Å²) >= 11 is 0. The van der Waals surface area contributed by atoms with Crippen molar-refractivity contribution in [1.29, 1.82) is 0 Å². The van der Waals surface area contributed by atoms with Gasteiger partial charge < -0.3 is 19.7 Å². The van der Waals surface area contributed by atoms with E-state index in [0.29, 0.717) is 5.69 Å². The third-order valence-electron chi connectivity index (χ3n) is 3.86. The van der Waals surface area contributed by atoms with Crippen LogP contribution in [-0.2, 0) is 9.47 Å². The van der Waals surface area contributed by atoms with E-state index in [9.17, 15) is 15.0 Å². The Kier molecular flexibility index (Phi) is 4.97. The monoisotopic (exact) mass is 339 g/mol. The smallest absolute Gasteiger partial charge is 0.349 e. The van der Waals surface area contributed by atoms with Crippen LogP contribution in [0.5, 0.6) is 0 Å². The molecule has 0 saturated carbocycles. The highest BCUT2D eigenvalue weighted by atomic mass is 16.6. The van der Waals surface area contributed by atoms with Gasteiger partial charge in [0.2, 0.25) is 5.72 Å². The van der Waals surface area contributed by atoms with Gasteiger partial charge in [-0.3, -0.25) is 4.57 Å². The average molecular weight is 339 g/mol. The molecule has 0 amide bonds. The fourth-order valence-electron chi connectivity index (χ4n) is 2.57. The van der Waals surface area contributed by atoms with Crippen molar-refractivity contribution >= 4 is 0 Å². The summed E-state index contributed by atoms with van der Waals surface area (Å²) < 4.78 is 12.1. The molecule has 0 unspecified atom stereocenters. The Balaban J connectivity index is 2.48. The number of azide groups is 1. The first kappa shape index (κ1) is 18.4. The Morgan fingerprint density at radius 3 is 2.83 bits per heavy atom. The predicted octanol–water partition coefficient (Wildman–Crippen LogP) is 0.624. The van der Waals surface area contributed by atoms with E-state index in [1.54, 1.807) is 26.8 Å². The maximum absolute atomic E-state index is 12.1. The first-order valence-corrected chi connectivity index (χ1v) is 7.46. The van der Waals surface area contributed by atoms with Crippen molar-refractivity contribution < 1.29 is 19.7 Å². The molecule has 4 atom stereocenters. The molecule has 1 aromatic rings. The van der Waals surface area contributed by atoms with E-state index < -0.39 is 29.3 Å². The molecule has 10 nitrogen and oxygen atoms in total. The fourth-order valence-corrected chi connectivity index (χ4v) is 2.57. The molecule has 1 aliphatic heterocycles. The van der Waals surface area contributed by atoms with Gasteiger partial charge in [0.15, 0.2) is 6.23 Å². The zero-order valence-corrected chi connectivity index (χ0v) is 13.9. The highest BCUT2D eigenvalue weighted by molar-refractivity contribution is 5.08. The Labute approximate surface area is 138 Å². The highest BCUT2D eigenvalue weighted by Crippen LogP contribution is 2.45. The van der Waals surface area contributed by atoms with Crippen molar-refractivity contribution in [2.45, 2.75) is 57.5 Å². The van der Waals surface area contributed by atoms with E-state index in [-0.39, 0.29) is 12.7 Å². The number of aromatic nitrogens is 2. The van der Waals surface area contributed by atoms with Gasteiger partial charge in [0, 0.05) is 16.8 Å². The van der Waals surface area contributed by atoms with E-state index in [4.69, 9.17) is 15.0 Å². The van der Waals surface area contributed by atoms with Crippen molar-refractivity contribution in [2.24, 2.45) is 5.11 Å². The normalized spacial score (nSPS) is 32.8. The number of hydrogen-bond donors (Lipinski definition) is 2. The lowest BCUT2D eigenvalue weighted by molar-refractivity contribution is -0.146. The van der Waals surface area contributed by atoms with E-state index in [0.717, 1.165) is 4.57 Å².